The van der Waals surface area contributed by atoms with Crippen LogP contribution in [0.5, 0.6) is 0 Å². The van der Waals surface area contributed by atoms with Gasteiger partial charge in [0.15, 0.2) is 0 Å². The van der Waals surface area contributed by atoms with Gasteiger partial charge < -0.3 is 10.6 Å². The highest BCUT2D eigenvalue weighted by Gasteiger charge is 2.24. The number of halogens is 1. The lowest BCUT2D eigenvalue weighted by molar-refractivity contribution is -0.118. The minimum Gasteiger partial charge on any atom is -0.336 e. The number of carbonyl (C=O) groups is 2. The van der Waals surface area contributed by atoms with Gasteiger partial charge in [0.05, 0.1) is 0 Å². The molecule has 0 aliphatic carbocycles. The van der Waals surface area contributed by atoms with Crippen LogP contribution >= 0.6 is 11.6 Å². The Labute approximate surface area is 169 Å². The molecule has 3 aromatic rings. The smallest absolute Gasteiger partial charge is 0.252 e. The van der Waals surface area contributed by atoms with Crippen molar-refractivity contribution in [2.45, 2.75) is 19.9 Å². The van der Waals surface area contributed by atoms with Crippen molar-refractivity contribution in [2.75, 3.05) is 5.32 Å². The minimum atomic E-state index is -0.857. The van der Waals surface area contributed by atoms with Crippen molar-refractivity contribution in [1.82, 2.24) is 5.32 Å². The molecule has 2 amide bonds. The number of nitrogens with one attached hydrogen (secondary N) is 2. The molecule has 2 N–H and O–H groups in total. The number of aryl methyl sites for hydroxylation is 2. The van der Waals surface area contributed by atoms with E-state index in [1.54, 1.807) is 48.5 Å². The van der Waals surface area contributed by atoms with Gasteiger partial charge >= 0.3 is 0 Å². The predicted molar refractivity (Wildman–Crippen MR) is 113 cm³/mol. The Morgan fingerprint density at radius 3 is 2.04 bits per heavy atom. The third-order valence-corrected chi connectivity index (χ3v) is 4.76. The second kappa shape index (κ2) is 8.72. The SMILES string of the molecule is Cc1cccc(C)c1NC(=O)[C@@H](NC(=O)c1ccccc1)c1ccc(Cl)cc1. The molecule has 3 rings (SSSR count). The van der Waals surface area contributed by atoms with Gasteiger partial charge in [-0.05, 0) is 54.8 Å². The van der Waals surface area contributed by atoms with Gasteiger partial charge in [-0.25, -0.2) is 0 Å². The molecule has 0 heterocycles. The van der Waals surface area contributed by atoms with Gasteiger partial charge in [0.1, 0.15) is 6.04 Å². The third-order valence-electron chi connectivity index (χ3n) is 4.51. The highest BCUT2D eigenvalue weighted by molar-refractivity contribution is 6.30. The zero-order valence-electron chi connectivity index (χ0n) is 15.7. The first-order valence-corrected chi connectivity index (χ1v) is 9.32. The van der Waals surface area contributed by atoms with Gasteiger partial charge in [0, 0.05) is 16.3 Å². The normalized spacial score (nSPS) is 11.5. The highest BCUT2D eigenvalue weighted by Crippen LogP contribution is 2.23. The maximum Gasteiger partial charge on any atom is 0.252 e. The minimum absolute atomic E-state index is 0.316. The summed E-state index contributed by atoms with van der Waals surface area (Å²) < 4.78 is 0. The van der Waals surface area contributed by atoms with Crippen molar-refractivity contribution in [3.05, 3.63) is 100 Å². The van der Waals surface area contributed by atoms with Crippen molar-refractivity contribution in [3.63, 3.8) is 0 Å². The monoisotopic (exact) mass is 392 g/mol. The first-order chi connectivity index (χ1) is 13.5. The molecule has 0 radical (unpaired) electrons. The molecule has 4 nitrogen and oxygen atoms in total. The topological polar surface area (TPSA) is 58.2 Å². The summed E-state index contributed by atoms with van der Waals surface area (Å²) in [6.07, 6.45) is 0. The maximum absolute atomic E-state index is 13.1. The van der Waals surface area contributed by atoms with Crippen molar-refractivity contribution < 1.29 is 9.59 Å². The van der Waals surface area contributed by atoms with Crippen LogP contribution in [-0.4, -0.2) is 11.8 Å². The molecule has 1 atom stereocenters. The number of para-hydroxylation sites is 1. The number of hydrogen-bond acceptors (Lipinski definition) is 2. The molecule has 3 aromatic carbocycles. The number of amides is 2. The molecular formula is C23H21ClN2O2. The van der Waals surface area contributed by atoms with Crippen LogP contribution in [0.25, 0.3) is 0 Å². The van der Waals surface area contributed by atoms with Crippen LogP contribution in [0.1, 0.15) is 33.1 Å². The number of hydrogen-bond donors (Lipinski definition) is 2. The molecule has 0 spiro atoms. The van der Waals surface area contributed by atoms with E-state index in [-0.39, 0.29) is 11.8 Å². The molecule has 0 saturated carbocycles. The van der Waals surface area contributed by atoms with Crippen LogP contribution in [0.4, 0.5) is 5.69 Å². The number of rotatable bonds is 5. The van der Waals surface area contributed by atoms with Gasteiger partial charge in [-0.15, -0.1) is 0 Å². The van der Waals surface area contributed by atoms with Crippen LogP contribution in [0, 0.1) is 13.8 Å². The molecule has 0 aliphatic heterocycles. The first-order valence-electron chi connectivity index (χ1n) is 8.94. The lowest BCUT2D eigenvalue weighted by atomic mass is 10.0. The van der Waals surface area contributed by atoms with Crippen molar-refractivity contribution in [3.8, 4) is 0 Å². The van der Waals surface area contributed by atoms with E-state index in [4.69, 9.17) is 11.6 Å². The summed E-state index contributed by atoms with van der Waals surface area (Å²) in [5, 5.41) is 6.36. The zero-order chi connectivity index (χ0) is 20.1. The van der Waals surface area contributed by atoms with Crippen LogP contribution in [0.2, 0.25) is 5.02 Å². The fourth-order valence-electron chi connectivity index (χ4n) is 2.97. The molecule has 28 heavy (non-hydrogen) atoms. The first kappa shape index (κ1) is 19.6. The third kappa shape index (κ3) is 4.59. The van der Waals surface area contributed by atoms with Crippen molar-refractivity contribution >= 4 is 29.1 Å². The quantitative estimate of drug-likeness (QED) is 0.637. The summed E-state index contributed by atoms with van der Waals surface area (Å²) >= 11 is 5.98. The lowest BCUT2D eigenvalue weighted by Gasteiger charge is -2.20. The molecule has 0 aliphatic rings. The van der Waals surface area contributed by atoms with E-state index in [1.165, 1.54) is 0 Å². The second-order valence-corrected chi connectivity index (χ2v) is 7.02. The van der Waals surface area contributed by atoms with Crippen molar-refractivity contribution in [2.24, 2.45) is 0 Å². The largest absolute Gasteiger partial charge is 0.336 e. The standard InChI is InChI=1S/C23H21ClN2O2/c1-15-7-6-8-16(2)20(15)25-23(28)21(17-11-13-19(24)14-12-17)26-22(27)18-9-4-3-5-10-18/h3-14,21H,1-2H3,(H,25,28)(H,26,27)/t21-/m0/s1. The van der Waals surface area contributed by atoms with Gasteiger partial charge in [0.2, 0.25) is 0 Å². The van der Waals surface area contributed by atoms with E-state index in [0.717, 1.165) is 16.8 Å². The molecule has 0 fully saturated rings. The van der Waals surface area contributed by atoms with Crippen LogP contribution in [0.3, 0.4) is 0 Å². The molecular weight excluding hydrogens is 372 g/mol. The van der Waals surface area contributed by atoms with Gasteiger partial charge in [-0.1, -0.05) is 60.1 Å². The Morgan fingerprint density at radius 1 is 0.821 bits per heavy atom. The summed E-state index contributed by atoms with van der Waals surface area (Å²) in [5.74, 6) is -0.638. The van der Waals surface area contributed by atoms with Crippen molar-refractivity contribution in [1.29, 1.82) is 0 Å². The second-order valence-electron chi connectivity index (χ2n) is 6.58. The van der Waals surface area contributed by atoms with E-state index >= 15 is 0 Å². The van der Waals surface area contributed by atoms with Gasteiger partial charge in [-0.2, -0.15) is 0 Å². The predicted octanol–water partition coefficient (Wildman–Crippen LogP) is 5.07. The van der Waals surface area contributed by atoms with Gasteiger partial charge in [0.25, 0.3) is 11.8 Å². The van der Waals surface area contributed by atoms with E-state index in [1.807, 2.05) is 38.1 Å². The number of carbonyl (C=O) groups excluding carboxylic acids is 2. The molecule has 0 saturated heterocycles. The fraction of sp³-hybridized carbons (Fsp3) is 0.130. The summed E-state index contributed by atoms with van der Waals surface area (Å²) in [6.45, 7) is 3.87. The Morgan fingerprint density at radius 2 is 1.43 bits per heavy atom. The number of anilines is 1. The zero-order valence-corrected chi connectivity index (χ0v) is 16.5. The van der Waals surface area contributed by atoms with Crippen LogP contribution in [0.15, 0.2) is 72.8 Å². The molecule has 0 unspecified atom stereocenters. The number of benzene rings is 3. The lowest BCUT2D eigenvalue weighted by Crippen LogP contribution is -2.37. The summed E-state index contributed by atoms with van der Waals surface area (Å²) in [6, 6.07) is 20.6. The average Bonchev–Trinajstić information content (AvgIpc) is 2.70. The summed E-state index contributed by atoms with van der Waals surface area (Å²) in [7, 11) is 0. The molecule has 0 aromatic heterocycles. The average molecular weight is 393 g/mol. The highest BCUT2D eigenvalue weighted by atomic mass is 35.5. The summed E-state index contributed by atoms with van der Waals surface area (Å²) in [5.41, 5.74) is 3.80. The molecule has 142 valence electrons. The Bertz CT molecular complexity index is 965. The van der Waals surface area contributed by atoms with E-state index in [9.17, 15) is 9.59 Å². The summed E-state index contributed by atoms with van der Waals surface area (Å²) in [4.78, 5) is 25.8. The molecule has 5 heteroatoms. The van der Waals surface area contributed by atoms with Gasteiger partial charge in [-0.3, -0.25) is 9.59 Å². The van der Waals surface area contributed by atoms with E-state index in [2.05, 4.69) is 10.6 Å². The van der Waals surface area contributed by atoms with E-state index in [0.29, 0.717) is 16.1 Å². The Balaban J connectivity index is 1.90. The van der Waals surface area contributed by atoms with E-state index < -0.39 is 6.04 Å². The molecule has 0 bridgehead atoms. The van der Waals surface area contributed by atoms with Crippen LogP contribution < -0.4 is 10.6 Å². The maximum atomic E-state index is 13.1. The van der Waals surface area contributed by atoms with Crippen LogP contribution in [-0.2, 0) is 4.79 Å². The Hall–Kier alpha value is -3.11. The fourth-order valence-corrected chi connectivity index (χ4v) is 3.09. The Kier molecular flexibility index (Phi) is 6.12.